The standard InChI is InChI=1S/C22H19Br2NO2S/c1-13(26)22(28-17-5-3-4-16(12-17)27-2)25-20-8-6-14(23)10-18(20)19-11-15(24)7-9-21(19)25/h3-13,22,26H,1-2H3. The highest BCUT2D eigenvalue weighted by Gasteiger charge is 2.24. The average molecular weight is 521 g/mol. The highest BCUT2D eigenvalue weighted by atomic mass is 79.9. The quantitative estimate of drug-likeness (QED) is 0.288. The molecular weight excluding hydrogens is 502 g/mol. The molecule has 3 aromatic carbocycles. The van der Waals surface area contributed by atoms with Crippen molar-refractivity contribution in [3.8, 4) is 5.75 Å². The molecule has 0 radical (unpaired) electrons. The molecule has 4 aromatic rings. The molecule has 0 aliphatic carbocycles. The molecule has 0 aliphatic rings. The minimum absolute atomic E-state index is 0.186. The normalized spacial score (nSPS) is 13.8. The molecule has 0 aliphatic heterocycles. The largest absolute Gasteiger partial charge is 0.497 e. The van der Waals surface area contributed by atoms with E-state index >= 15 is 0 Å². The lowest BCUT2D eigenvalue weighted by molar-refractivity contribution is 0.172. The third kappa shape index (κ3) is 3.71. The smallest absolute Gasteiger partial charge is 0.119 e. The fourth-order valence-corrected chi connectivity index (χ4v) is 5.32. The molecule has 0 bridgehead atoms. The Balaban J connectivity index is 1.92. The number of aliphatic hydroxyl groups is 1. The number of aliphatic hydroxyl groups excluding tert-OH is 1. The molecule has 6 heteroatoms. The summed E-state index contributed by atoms with van der Waals surface area (Å²) in [7, 11) is 1.67. The first-order chi connectivity index (χ1) is 13.5. The van der Waals surface area contributed by atoms with Gasteiger partial charge in [-0.25, -0.2) is 0 Å². The van der Waals surface area contributed by atoms with Crippen LogP contribution in [0.4, 0.5) is 0 Å². The van der Waals surface area contributed by atoms with Crippen LogP contribution in [0.2, 0.25) is 0 Å². The van der Waals surface area contributed by atoms with Crippen molar-refractivity contribution in [2.75, 3.05) is 7.11 Å². The lowest BCUT2D eigenvalue weighted by Crippen LogP contribution is -2.18. The summed E-state index contributed by atoms with van der Waals surface area (Å²) in [6.45, 7) is 1.84. The summed E-state index contributed by atoms with van der Waals surface area (Å²) < 4.78 is 9.67. The Bertz CT molecular complexity index is 1100. The zero-order valence-corrected chi connectivity index (χ0v) is 19.4. The van der Waals surface area contributed by atoms with Gasteiger partial charge in [-0.05, 0) is 61.5 Å². The Hall–Kier alpha value is -1.47. The Labute approximate surface area is 184 Å². The van der Waals surface area contributed by atoms with E-state index in [0.717, 1.165) is 41.4 Å². The highest BCUT2D eigenvalue weighted by molar-refractivity contribution is 9.10. The summed E-state index contributed by atoms with van der Waals surface area (Å²) in [5.74, 6) is 0.810. The van der Waals surface area contributed by atoms with Gasteiger partial charge in [0, 0.05) is 24.6 Å². The van der Waals surface area contributed by atoms with Crippen molar-refractivity contribution in [3.63, 3.8) is 0 Å². The van der Waals surface area contributed by atoms with Gasteiger partial charge in [0.1, 0.15) is 11.1 Å². The molecule has 4 rings (SSSR count). The van der Waals surface area contributed by atoms with Crippen molar-refractivity contribution < 1.29 is 9.84 Å². The van der Waals surface area contributed by atoms with Crippen LogP contribution >= 0.6 is 43.6 Å². The van der Waals surface area contributed by atoms with Crippen molar-refractivity contribution in [3.05, 3.63) is 69.6 Å². The van der Waals surface area contributed by atoms with Gasteiger partial charge in [-0.3, -0.25) is 0 Å². The van der Waals surface area contributed by atoms with Crippen molar-refractivity contribution >= 4 is 65.4 Å². The molecule has 0 amide bonds. The van der Waals surface area contributed by atoms with Crippen molar-refractivity contribution in [2.24, 2.45) is 0 Å². The fraction of sp³-hybridized carbons (Fsp3) is 0.182. The number of benzene rings is 3. The first-order valence-corrected chi connectivity index (χ1v) is 11.3. The molecule has 0 fully saturated rings. The first-order valence-electron chi connectivity index (χ1n) is 8.85. The Kier molecular flexibility index (Phi) is 5.74. The summed E-state index contributed by atoms with van der Waals surface area (Å²) in [5.41, 5.74) is 2.19. The zero-order chi connectivity index (χ0) is 19.8. The van der Waals surface area contributed by atoms with Crippen LogP contribution in [0.5, 0.6) is 5.75 Å². The number of methoxy groups -OCH3 is 1. The number of aromatic nitrogens is 1. The van der Waals surface area contributed by atoms with Crippen molar-refractivity contribution in [1.82, 2.24) is 4.57 Å². The van der Waals surface area contributed by atoms with E-state index < -0.39 is 6.10 Å². The van der Waals surface area contributed by atoms with Crippen LogP contribution in [0.15, 0.2) is 74.5 Å². The van der Waals surface area contributed by atoms with Gasteiger partial charge < -0.3 is 14.4 Å². The topological polar surface area (TPSA) is 34.4 Å². The lowest BCUT2D eigenvalue weighted by atomic mass is 10.2. The second kappa shape index (κ2) is 8.11. The van der Waals surface area contributed by atoms with Crippen LogP contribution in [-0.4, -0.2) is 22.9 Å². The Morgan fingerprint density at radius 3 is 2.07 bits per heavy atom. The minimum atomic E-state index is -0.553. The molecule has 1 N–H and O–H groups in total. The van der Waals surface area contributed by atoms with E-state index in [2.05, 4.69) is 60.7 Å². The van der Waals surface area contributed by atoms with Crippen LogP contribution < -0.4 is 4.74 Å². The number of nitrogens with zero attached hydrogens (tertiary/aromatic N) is 1. The molecule has 0 saturated heterocycles. The van der Waals surface area contributed by atoms with E-state index in [9.17, 15) is 5.11 Å². The maximum absolute atomic E-state index is 10.7. The Morgan fingerprint density at radius 2 is 1.54 bits per heavy atom. The highest BCUT2D eigenvalue weighted by Crippen LogP contribution is 2.42. The van der Waals surface area contributed by atoms with Gasteiger partial charge in [-0.2, -0.15) is 0 Å². The second-order valence-electron chi connectivity index (χ2n) is 6.62. The van der Waals surface area contributed by atoms with E-state index in [-0.39, 0.29) is 5.37 Å². The van der Waals surface area contributed by atoms with Crippen molar-refractivity contribution in [2.45, 2.75) is 23.3 Å². The van der Waals surface area contributed by atoms with Gasteiger partial charge in [0.2, 0.25) is 0 Å². The molecule has 0 spiro atoms. The van der Waals surface area contributed by atoms with E-state index in [4.69, 9.17) is 4.74 Å². The molecule has 1 heterocycles. The van der Waals surface area contributed by atoms with Gasteiger partial charge in [0.05, 0.1) is 24.2 Å². The molecule has 3 nitrogen and oxygen atoms in total. The summed E-state index contributed by atoms with van der Waals surface area (Å²) in [5, 5.41) is 12.8. The summed E-state index contributed by atoms with van der Waals surface area (Å²) in [6.07, 6.45) is -0.553. The van der Waals surface area contributed by atoms with E-state index in [0.29, 0.717) is 0 Å². The SMILES string of the molecule is COc1cccc(SC(C(C)O)n2c3ccc(Br)cc3c3cc(Br)ccc32)c1. The van der Waals surface area contributed by atoms with Crippen LogP contribution in [0.1, 0.15) is 12.3 Å². The van der Waals surface area contributed by atoms with Crippen LogP contribution in [0.3, 0.4) is 0 Å². The molecule has 0 saturated carbocycles. The predicted molar refractivity (Wildman–Crippen MR) is 124 cm³/mol. The number of hydrogen-bond donors (Lipinski definition) is 1. The molecule has 144 valence electrons. The summed E-state index contributed by atoms with van der Waals surface area (Å²) >= 11 is 8.82. The van der Waals surface area contributed by atoms with Gasteiger partial charge in [0.25, 0.3) is 0 Å². The van der Waals surface area contributed by atoms with Gasteiger partial charge >= 0.3 is 0 Å². The molecule has 28 heavy (non-hydrogen) atoms. The number of rotatable bonds is 5. The van der Waals surface area contributed by atoms with Gasteiger partial charge in [-0.15, -0.1) is 0 Å². The maximum Gasteiger partial charge on any atom is 0.119 e. The Morgan fingerprint density at radius 1 is 0.929 bits per heavy atom. The number of thioether (sulfide) groups is 1. The molecule has 2 unspecified atom stereocenters. The molecular formula is C22H19Br2NO2S. The van der Waals surface area contributed by atoms with Gasteiger partial charge in [-0.1, -0.05) is 49.7 Å². The lowest BCUT2D eigenvalue weighted by Gasteiger charge is -2.24. The average Bonchev–Trinajstić information content (AvgIpc) is 2.98. The predicted octanol–water partition coefficient (Wildman–Crippen LogP) is 7.00. The third-order valence-corrected chi connectivity index (χ3v) is 7.05. The van der Waals surface area contributed by atoms with E-state index in [1.54, 1.807) is 18.9 Å². The van der Waals surface area contributed by atoms with Crippen LogP contribution in [0, 0.1) is 0 Å². The monoisotopic (exact) mass is 519 g/mol. The van der Waals surface area contributed by atoms with Crippen LogP contribution in [0.25, 0.3) is 21.8 Å². The number of fused-ring (bicyclic) bond motifs is 3. The molecule has 1 aromatic heterocycles. The maximum atomic E-state index is 10.7. The summed E-state index contributed by atoms with van der Waals surface area (Å²) in [6, 6.07) is 20.5. The number of hydrogen-bond acceptors (Lipinski definition) is 3. The number of halogens is 2. The third-order valence-electron chi connectivity index (χ3n) is 4.69. The van der Waals surface area contributed by atoms with Gasteiger partial charge in [0.15, 0.2) is 0 Å². The van der Waals surface area contributed by atoms with Crippen LogP contribution in [-0.2, 0) is 0 Å². The van der Waals surface area contributed by atoms with E-state index in [1.807, 2.05) is 43.3 Å². The minimum Gasteiger partial charge on any atom is -0.497 e. The molecule has 2 atom stereocenters. The fourth-order valence-electron chi connectivity index (χ4n) is 3.45. The summed E-state index contributed by atoms with van der Waals surface area (Å²) in [4.78, 5) is 1.05. The van der Waals surface area contributed by atoms with E-state index in [1.165, 1.54) is 0 Å². The zero-order valence-electron chi connectivity index (χ0n) is 15.4. The van der Waals surface area contributed by atoms with Crippen molar-refractivity contribution in [1.29, 1.82) is 0 Å². The first kappa shape index (κ1) is 19.8. The second-order valence-corrected chi connectivity index (χ2v) is 9.64. The number of ether oxygens (including phenoxy) is 1.